The normalized spacial score (nSPS) is 21.0. The van der Waals surface area contributed by atoms with Crippen molar-refractivity contribution in [2.24, 2.45) is 0 Å². The maximum atomic E-state index is 13.2. The minimum absolute atomic E-state index is 0.221. The summed E-state index contributed by atoms with van der Waals surface area (Å²) in [5.74, 6) is -0.529. The Balaban J connectivity index is 1.53. The second kappa shape index (κ2) is 8.16. The van der Waals surface area contributed by atoms with Crippen molar-refractivity contribution in [2.75, 3.05) is 19.8 Å². The molecule has 1 aromatic carbocycles. The van der Waals surface area contributed by atoms with Crippen LogP contribution in [0, 0.1) is 5.82 Å². The molecule has 7 nitrogen and oxygen atoms in total. The largest absolute Gasteiger partial charge is 0.488 e. The molecule has 1 fully saturated rings. The molecule has 8 heteroatoms. The van der Waals surface area contributed by atoms with Gasteiger partial charge in [0.15, 0.2) is 0 Å². The van der Waals surface area contributed by atoms with Gasteiger partial charge < -0.3 is 19.1 Å². The molecule has 1 amide bonds. The van der Waals surface area contributed by atoms with Gasteiger partial charge in [-0.25, -0.2) is 9.18 Å². The van der Waals surface area contributed by atoms with E-state index in [1.165, 1.54) is 24.4 Å². The molecule has 2 aliphatic heterocycles. The van der Waals surface area contributed by atoms with Crippen LogP contribution in [0.25, 0.3) is 0 Å². The Morgan fingerprint density at radius 1 is 1.34 bits per heavy atom. The van der Waals surface area contributed by atoms with E-state index in [1.807, 2.05) is 0 Å². The number of nitrogens with zero attached hydrogens (tertiary/aromatic N) is 2. The van der Waals surface area contributed by atoms with Crippen LogP contribution in [0.1, 0.15) is 39.8 Å². The molecular formula is C21H21FN2O5. The summed E-state index contributed by atoms with van der Waals surface area (Å²) in [6.45, 7) is 3.13. The first-order valence-electron chi connectivity index (χ1n) is 9.53. The number of amides is 1. The number of carbonyl (C=O) groups excluding carboxylic acids is 2. The van der Waals surface area contributed by atoms with Crippen molar-refractivity contribution < 1.29 is 28.2 Å². The van der Waals surface area contributed by atoms with Gasteiger partial charge in [-0.2, -0.15) is 0 Å². The van der Waals surface area contributed by atoms with E-state index in [1.54, 1.807) is 24.0 Å². The van der Waals surface area contributed by atoms with Crippen molar-refractivity contribution >= 4 is 11.9 Å². The van der Waals surface area contributed by atoms with Crippen LogP contribution in [0.2, 0.25) is 0 Å². The van der Waals surface area contributed by atoms with Gasteiger partial charge in [-0.15, -0.1) is 0 Å². The summed E-state index contributed by atoms with van der Waals surface area (Å²) in [7, 11) is 0. The Bertz CT molecular complexity index is 918. The van der Waals surface area contributed by atoms with E-state index in [2.05, 4.69) is 4.98 Å². The zero-order valence-electron chi connectivity index (χ0n) is 16.0. The third-order valence-electron chi connectivity index (χ3n) is 5.06. The Morgan fingerprint density at radius 2 is 2.14 bits per heavy atom. The molecule has 1 aromatic heterocycles. The summed E-state index contributed by atoms with van der Waals surface area (Å²) >= 11 is 0. The van der Waals surface area contributed by atoms with E-state index in [0.29, 0.717) is 43.2 Å². The van der Waals surface area contributed by atoms with Crippen molar-refractivity contribution in [3.63, 3.8) is 0 Å². The molecule has 2 atom stereocenters. The molecule has 0 aliphatic carbocycles. The Kier molecular flexibility index (Phi) is 5.44. The molecule has 1 saturated heterocycles. The molecule has 152 valence electrons. The van der Waals surface area contributed by atoms with Gasteiger partial charge in [0.05, 0.1) is 49.2 Å². The van der Waals surface area contributed by atoms with Gasteiger partial charge in [-0.1, -0.05) is 0 Å². The molecule has 0 saturated carbocycles. The van der Waals surface area contributed by atoms with Crippen molar-refractivity contribution in [1.29, 1.82) is 0 Å². The molecule has 0 spiro atoms. The highest BCUT2D eigenvalue weighted by atomic mass is 19.1. The minimum Gasteiger partial charge on any atom is -0.488 e. The van der Waals surface area contributed by atoms with Crippen molar-refractivity contribution in [3.05, 3.63) is 59.2 Å². The SMILES string of the molecule is CCOC(=O)c1cnc2c(c1)C(=O)N([C@@H]1COCC[C@H]1Oc1ccc(F)cc1)C2. The highest BCUT2D eigenvalue weighted by molar-refractivity contribution is 6.00. The molecule has 0 N–H and O–H groups in total. The zero-order valence-corrected chi connectivity index (χ0v) is 16.0. The highest BCUT2D eigenvalue weighted by Crippen LogP contribution is 2.29. The van der Waals surface area contributed by atoms with Gasteiger partial charge in [-0.3, -0.25) is 9.78 Å². The van der Waals surface area contributed by atoms with E-state index in [9.17, 15) is 14.0 Å². The Morgan fingerprint density at radius 3 is 2.90 bits per heavy atom. The number of esters is 1. The fourth-order valence-electron chi connectivity index (χ4n) is 3.61. The average Bonchev–Trinajstić information content (AvgIpc) is 3.06. The van der Waals surface area contributed by atoms with Gasteiger partial charge in [-0.05, 0) is 37.3 Å². The fraction of sp³-hybridized carbons (Fsp3) is 0.381. The van der Waals surface area contributed by atoms with Crippen LogP contribution in [-0.4, -0.2) is 53.7 Å². The second-order valence-corrected chi connectivity index (χ2v) is 6.91. The maximum Gasteiger partial charge on any atom is 0.339 e. The van der Waals surface area contributed by atoms with Crippen LogP contribution in [0.15, 0.2) is 36.5 Å². The van der Waals surface area contributed by atoms with Crippen molar-refractivity contribution in [2.45, 2.75) is 32.0 Å². The number of rotatable bonds is 5. The van der Waals surface area contributed by atoms with E-state index >= 15 is 0 Å². The number of halogens is 1. The number of hydrogen-bond acceptors (Lipinski definition) is 6. The molecule has 2 aromatic rings. The van der Waals surface area contributed by atoms with Crippen LogP contribution in [0.5, 0.6) is 5.75 Å². The Hall–Kier alpha value is -3.00. The molecule has 0 radical (unpaired) electrons. The number of pyridine rings is 1. The lowest BCUT2D eigenvalue weighted by atomic mass is 10.0. The summed E-state index contributed by atoms with van der Waals surface area (Å²) in [6, 6.07) is 7.01. The van der Waals surface area contributed by atoms with E-state index in [4.69, 9.17) is 14.2 Å². The quantitative estimate of drug-likeness (QED) is 0.718. The van der Waals surface area contributed by atoms with E-state index < -0.39 is 5.97 Å². The predicted molar refractivity (Wildman–Crippen MR) is 100 cm³/mol. The van der Waals surface area contributed by atoms with Gasteiger partial charge >= 0.3 is 5.97 Å². The van der Waals surface area contributed by atoms with Gasteiger partial charge in [0.25, 0.3) is 5.91 Å². The van der Waals surface area contributed by atoms with E-state index in [0.717, 1.165) is 0 Å². The van der Waals surface area contributed by atoms with Crippen LogP contribution < -0.4 is 4.74 Å². The molecule has 0 bridgehead atoms. The topological polar surface area (TPSA) is 78.0 Å². The lowest BCUT2D eigenvalue weighted by Crippen LogP contribution is -2.52. The second-order valence-electron chi connectivity index (χ2n) is 6.91. The van der Waals surface area contributed by atoms with Gasteiger partial charge in [0, 0.05) is 12.6 Å². The number of carbonyl (C=O) groups is 2. The predicted octanol–water partition coefficient (Wildman–Crippen LogP) is 2.59. The monoisotopic (exact) mass is 400 g/mol. The Labute approximate surface area is 167 Å². The third-order valence-corrected chi connectivity index (χ3v) is 5.06. The van der Waals surface area contributed by atoms with Crippen LogP contribution in [0.3, 0.4) is 0 Å². The summed E-state index contributed by atoms with van der Waals surface area (Å²) in [5, 5.41) is 0. The van der Waals surface area contributed by atoms with Gasteiger partial charge in [0.2, 0.25) is 0 Å². The lowest BCUT2D eigenvalue weighted by Gasteiger charge is -2.37. The zero-order chi connectivity index (χ0) is 20.4. The molecule has 29 heavy (non-hydrogen) atoms. The number of fused-ring (bicyclic) bond motifs is 1. The number of ether oxygens (including phenoxy) is 3. The highest BCUT2D eigenvalue weighted by Gasteiger charge is 2.40. The third kappa shape index (κ3) is 3.93. The first-order chi connectivity index (χ1) is 14.1. The van der Waals surface area contributed by atoms with E-state index in [-0.39, 0.29) is 36.0 Å². The standard InChI is InChI=1S/C21H21FN2O5/c1-2-28-21(26)13-9-16-17(23-10-13)11-24(20(16)25)18-12-27-8-7-19(18)29-15-5-3-14(22)4-6-15/h3-6,9-10,18-19H,2,7-8,11-12H2,1H3/t18-,19-/m1/s1. The number of benzene rings is 1. The summed E-state index contributed by atoms with van der Waals surface area (Å²) in [4.78, 5) is 31.0. The summed E-state index contributed by atoms with van der Waals surface area (Å²) in [5.41, 5.74) is 1.25. The average molecular weight is 400 g/mol. The van der Waals surface area contributed by atoms with Crippen LogP contribution >= 0.6 is 0 Å². The van der Waals surface area contributed by atoms with Gasteiger partial charge in [0.1, 0.15) is 17.7 Å². The molecular weight excluding hydrogens is 379 g/mol. The first kappa shape index (κ1) is 19.3. The summed E-state index contributed by atoms with van der Waals surface area (Å²) in [6.07, 6.45) is 1.73. The summed E-state index contributed by atoms with van der Waals surface area (Å²) < 4.78 is 29.8. The lowest BCUT2D eigenvalue weighted by molar-refractivity contribution is -0.0430. The molecule has 3 heterocycles. The fourth-order valence-corrected chi connectivity index (χ4v) is 3.61. The molecule has 2 aliphatic rings. The minimum atomic E-state index is -0.507. The first-order valence-corrected chi connectivity index (χ1v) is 9.53. The maximum absolute atomic E-state index is 13.2. The molecule has 4 rings (SSSR count). The number of aromatic nitrogens is 1. The number of hydrogen-bond donors (Lipinski definition) is 0. The molecule has 0 unspecified atom stereocenters. The van der Waals surface area contributed by atoms with Crippen molar-refractivity contribution in [1.82, 2.24) is 9.88 Å². The van der Waals surface area contributed by atoms with Crippen LogP contribution in [0.4, 0.5) is 4.39 Å². The van der Waals surface area contributed by atoms with Crippen molar-refractivity contribution in [3.8, 4) is 5.75 Å². The smallest absolute Gasteiger partial charge is 0.339 e. The van der Waals surface area contributed by atoms with Crippen LogP contribution in [-0.2, 0) is 16.0 Å².